The Hall–Kier alpha value is -2.57. The number of nitrogens with one attached hydrogen (secondary N) is 1. The van der Waals surface area contributed by atoms with Crippen LogP contribution in [0.15, 0.2) is 42.6 Å². The summed E-state index contributed by atoms with van der Waals surface area (Å²) < 4.78 is 38.3. The highest BCUT2D eigenvalue weighted by molar-refractivity contribution is 5.92. The summed E-state index contributed by atoms with van der Waals surface area (Å²) in [5, 5.41) is 2.88. The predicted molar refractivity (Wildman–Crippen MR) is 93.3 cm³/mol. The maximum absolute atomic E-state index is 12.8. The number of likely N-dealkylation sites (tertiary alicyclic amines) is 1. The first kappa shape index (κ1) is 18.2. The summed E-state index contributed by atoms with van der Waals surface area (Å²) in [5.74, 6) is 0.372. The number of alkyl halides is 3. The standard InChI is InChI=1S/C19H20F3N3O/c1-13-4-3-9-25(12-13)18(26)17-8-7-16(11-23-17)24-15-6-2-5-14(10-15)19(20,21)22/h2,5-8,10-11,13,24H,3-4,9,12H2,1H3. The molecular formula is C19H20F3N3O. The van der Waals surface area contributed by atoms with E-state index in [0.717, 1.165) is 38.1 Å². The molecule has 26 heavy (non-hydrogen) atoms. The molecule has 2 aromatic rings. The predicted octanol–water partition coefficient (Wildman–Crippen LogP) is 4.72. The fourth-order valence-electron chi connectivity index (χ4n) is 3.07. The van der Waals surface area contributed by atoms with Crippen molar-refractivity contribution < 1.29 is 18.0 Å². The van der Waals surface area contributed by atoms with E-state index in [1.807, 2.05) is 0 Å². The second-order valence-electron chi connectivity index (χ2n) is 6.63. The molecule has 138 valence electrons. The van der Waals surface area contributed by atoms with Crippen LogP contribution in [-0.4, -0.2) is 28.9 Å². The van der Waals surface area contributed by atoms with Crippen molar-refractivity contribution in [1.29, 1.82) is 0 Å². The van der Waals surface area contributed by atoms with E-state index in [9.17, 15) is 18.0 Å². The number of amides is 1. The van der Waals surface area contributed by atoms with E-state index in [0.29, 0.717) is 23.0 Å². The number of hydrogen-bond acceptors (Lipinski definition) is 3. The van der Waals surface area contributed by atoms with Crippen LogP contribution in [0.4, 0.5) is 24.5 Å². The van der Waals surface area contributed by atoms with Gasteiger partial charge in [-0.25, -0.2) is 4.98 Å². The summed E-state index contributed by atoms with van der Waals surface area (Å²) in [5.41, 5.74) is 0.452. The third kappa shape index (κ3) is 4.33. The lowest BCUT2D eigenvalue weighted by Gasteiger charge is -2.30. The Labute approximate surface area is 150 Å². The Morgan fingerprint density at radius 1 is 1.23 bits per heavy atom. The third-order valence-corrected chi connectivity index (χ3v) is 4.41. The second-order valence-corrected chi connectivity index (χ2v) is 6.63. The summed E-state index contributed by atoms with van der Waals surface area (Å²) in [6.07, 6.45) is -0.822. The number of carbonyl (C=O) groups excluding carboxylic acids is 1. The molecule has 0 radical (unpaired) electrons. The number of benzene rings is 1. The molecule has 1 aromatic carbocycles. The van der Waals surface area contributed by atoms with Crippen LogP contribution in [-0.2, 0) is 6.18 Å². The SMILES string of the molecule is CC1CCCN(C(=O)c2ccc(Nc3cccc(C(F)(F)F)c3)cn2)C1. The van der Waals surface area contributed by atoms with Gasteiger partial charge in [0.25, 0.3) is 5.91 Å². The van der Waals surface area contributed by atoms with Gasteiger partial charge in [0.05, 0.1) is 17.4 Å². The first-order chi connectivity index (χ1) is 12.3. The van der Waals surface area contributed by atoms with E-state index >= 15 is 0 Å². The van der Waals surface area contributed by atoms with Crippen LogP contribution in [0.1, 0.15) is 35.8 Å². The topological polar surface area (TPSA) is 45.2 Å². The van der Waals surface area contributed by atoms with Crippen molar-refractivity contribution in [3.63, 3.8) is 0 Å². The lowest BCUT2D eigenvalue weighted by Crippen LogP contribution is -2.39. The van der Waals surface area contributed by atoms with Gasteiger partial charge in [-0.1, -0.05) is 13.0 Å². The molecule has 1 aliphatic rings. The van der Waals surface area contributed by atoms with Crippen molar-refractivity contribution in [3.8, 4) is 0 Å². The van der Waals surface area contributed by atoms with Crippen LogP contribution < -0.4 is 5.32 Å². The molecule has 1 N–H and O–H groups in total. The van der Waals surface area contributed by atoms with Crippen molar-refractivity contribution in [2.45, 2.75) is 25.9 Å². The summed E-state index contributed by atoms with van der Waals surface area (Å²) in [6, 6.07) is 8.18. The average Bonchev–Trinajstić information content (AvgIpc) is 2.61. The Morgan fingerprint density at radius 3 is 2.69 bits per heavy atom. The second kappa shape index (κ2) is 7.35. The van der Waals surface area contributed by atoms with E-state index in [1.54, 1.807) is 23.1 Å². The number of nitrogens with zero attached hydrogens (tertiary/aromatic N) is 2. The zero-order valence-electron chi connectivity index (χ0n) is 14.4. The van der Waals surface area contributed by atoms with Crippen LogP contribution in [0, 0.1) is 5.92 Å². The minimum absolute atomic E-state index is 0.109. The highest BCUT2D eigenvalue weighted by Crippen LogP contribution is 2.31. The Morgan fingerprint density at radius 2 is 2.04 bits per heavy atom. The molecule has 2 heterocycles. The summed E-state index contributed by atoms with van der Waals surface area (Å²) in [4.78, 5) is 18.5. The van der Waals surface area contributed by atoms with Crippen LogP contribution >= 0.6 is 0 Å². The van der Waals surface area contributed by atoms with Gasteiger partial charge in [0.1, 0.15) is 5.69 Å². The zero-order chi connectivity index (χ0) is 18.7. The maximum atomic E-state index is 12.8. The van der Waals surface area contributed by atoms with Crippen LogP contribution in [0.2, 0.25) is 0 Å². The molecule has 1 amide bonds. The molecule has 1 aliphatic heterocycles. The van der Waals surface area contributed by atoms with Gasteiger partial charge < -0.3 is 10.2 Å². The number of halogens is 3. The van der Waals surface area contributed by atoms with Crippen molar-refractivity contribution in [1.82, 2.24) is 9.88 Å². The number of hydrogen-bond donors (Lipinski definition) is 1. The van der Waals surface area contributed by atoms with Crippen LogP contribution in [0.25, 0.3) is 0 Å². The number of carbonyl (C=O) groups is 1. The van der Waals surface area contributed by atoms with Gasteiger partial charge in [-0.15, -0.1) is 0 Å². The quantitative estimate of drug-likeness (QED) is 0.859. The first-order valence-electron chi connectivity index (χ1n) is 8.52. The first-order valence-corrected chi connectivity index (χ1v) is 8.52. The maximum Gasteiger partial charge on any atom is 0.416 e. The lowest BCUT2D eigenvalue weighted by atomic mass is 10.00. The van der Waals surface area contributed by atoms with Crippen molar-refractivity contribution >= 4 is 17.3 Å². The van der Waals surface area contributed by atoms with Gasteiger partial charge in [0.2, 0.25) is 0 Å². The molecule has 1 fully saturated rings. The lowest BCUT2D eigenvalue weighted by molar-refractivity contribution is -0.137. The Bertz CT molecular complexity index is 774. The highest BCUT2D eigenvalue weighted by atomic mass is 19.4. The fraction of sp³-hybridized carbons (Fsp3) is 0.368. The monoisotopic (exact) mass is 363 g/mol. The molecule has 7 heteroatoms. The van der Waals surface area contributed by atoms with E-state index < -0.39 is 11.7 Å². The molecule has 4 nitrogen and oxygen atoms in total. The smallest absolute Gasteiger partial charge is 0.354 e. The zero-order valence-corrected chi connectivity index (χ0v) is 14.4. The van der Waals surface area contributed by atoms with Gasteiger partial charge in [-0.05, 0) is 49.1 Å². The molecule has 0 bridgehead atoms. The van der Waals surface area contributed by atoms with Gasteiger partial charge >= 0.3 is 6.18 Å². The molecule has 3 rings (SSSR count). The minimum Gasteiger partial charge on any atom is -0.354 e. The largest absolute Gasteiger partial charge is 0.416 e. The molecule has 0 saturated carbocycles. The molecule has 0 aliphatic carbocycles. The number of piperidine rings is 1. The molecule has 0 spiro atoms. The van der Waals surface area contributed by atoms with E-state index in [2.05, 4.69) is 17.2 Å². The number of anilines is 2. The van der Waals surface area contributed by atoms with Gasteiger partial charge in [0.15, 0.2) is 0 Å². The minimum atomic E-state index is -4.39. The van der Waals surface area contributed by atoms with Crippen LogP contribution in [0.3, 0.4) is 0 Å². The highest BCUT2D eigenvalue weighted by Gasteiger charge is 2.30. The van der Waals surface area contributed by atoms with Crippen molar-refractivity contribution in [3.05, 3.63) is 53.9 Å². The average molecular weight is 363 g/mol. The molecule has 1 saturated heterocycles. The Balaban J connectivity index is 1.69. The van der Waals surface area contributed by atoms with Gasteiger partial charge in [0, 0.05) is 18.8 Å². The fourth-order valence-corrected chi connectivity index (χ4v) is 3.07. The van der Waals surface area contributed by atoms with Crippen molar-refractivity contribution in [2.24, 2.45) is 5.92 Å². The number of pyridine rings is 1. The molecule has 1 unspecified atom stereocenters. The summed E-state index contributed by atoms with van der Waals surface area (Å²) in [7, 11) is 0. The normalized spacial score (nSPS) is 17.8. The van der Waals surface area contributed by atoms with Crippen LogP contribution in [0.5, 0.6) is 0 Å². The molecule has 1 aromatic heterocycles. The number of aromatic nitrogens is 1. The van der Waals surface area contributed by atoms with E-state index in [4.69, 9.17) is 0 Å². The van der Waals surface area contributed by atoms with Gasteiger partial charge in [-0.2, -0.15) is 13.2 Å². The molecule has 1 atom stereocenters. The van der Waals surface area contributed by atoms with Crippen molar-refractivity contribution in [2.75, 3.05) is 18.4 Å². The third-order valence-electron chi connectivity index (χ3n) is 4.41. The van der Waals surface area contributed by atoms with E-state index in [1.165, 1.54) is 12.3 Å². The molecular weight excluding hydrogens is 343 g/mol. The number of rotatable bonds is 3. The van der Waals surface area contributed by atoms with Gasteiger partial charge in [-0.3, -0.25) is 4.79 Å². The Kier molecular flexibility index (Phi) is 5.15. The summed E-state index contributed by atoms with van der Waals surface area (Å²) >= 11 is 0. The van der Waals surface area contributed by atoms with E-state index in [-0.39, 0.29) is 5.91 Å². The summed E-state index contributed by atoms with van der Waals surface area (Å²) in [6.45, 7) is 3.58.